The summed E-state index contributed by atoms with van der Waals surface area (Å²) < 4.78 is 31.4. The van der Waals surface area contributed by atoms with E-state index in [1.54, 1.807) is 0 Å². The summed E-state index contributed by atoms with van der Waals surface area (Å²) >= 11 is 0. The molecule has 0 spiro atoms. The molecule has 0 fully saturated rings. The minimum Gasteiger partial charge on any atom is -0.346 e. The first-order valence-electron chi connectivity index (χ1n) is 8.74. The molecule has 5 rings (SSSR count). The highest BCUT2D eigenvalue weighted by molar-refractivity contribution is 5.86. The number of hydrogen-bond donors (Lipinski definition) is 0. The molecule has 4 heteroatoms. The summed E-state index contributed by atoms with van der Waals surface area (Å²) in [5.41, 5.74) is 6.56. The molecule has 0 N–H and O–H groups in total. The summed E-state index contributed by atoms with van der Waals surface area (Å²) in [7, 11) is 2.04. The number of benzene rings is 2. The maximum Gasteiger partial charge on any atom is 0.159 e. The number of halogens is 2. The Bertz CT molecular complexity index is 1230. The number of para-hydroxylation sites is 1. The lowest BCUT2D eigenvalue weighted by Gasteiger charge is -2.21. The lowest BCUT2D eigenvalue weighted by atomic mass is 10.00. The average molecular weight is 358 g/mol. The fourth-order valence-corrected chi connectivity index (χ4v) is 4.27. The van der Waals surface area contributed by atoms with Crippen molar-refractivity contribution in [2.45, 2.75) is 13.0 Å². The Kier molecular flexibility index (Phi) is 3.36. The van der Waals surface area contributed by atoms with Crippen LogP contribution in [0.15, 0.2) is 42.5 Å². The molecule has 0 saturated heterocycles. The van der Waals surface area contributed by atoms with E-state index in [-0.39, 0.29) is 0 Å². The van der Waals surface area contributed by atoms with Gasteiger partial charge in [0.05, 0.1) is 12.2 Å². The zero-order chi connectivity index (χ0) is 18.9. The summed E-state index contributed by atoms with van der Waals surface area (Å²) in [6.07, 6.45) is 0.649. The first-order chi connectivity index (χ1) is 13.0. The number of fused-ring (bicyclic) bond motifs is 4. The van der Waals surface area contributed by atoms with Crippen LogP contribution in [0.25, 0.3) is 22.2 Å². The highest BCUT2D eigenvalue weighted by Crippen LogP contribution is 2.39. The molecule has 4 radical (unpaired) electrons. The van der Waals surface area contributed by atoms with E-state index in [4.69, 9.17) is 13.8 Å². The lowest BCUT2D eigenvalue weighted by molar-refractivity contribution is 0.509. The van der Waals surface area contributed by atoms with Gasteiger partial charge in [0.15, 0.2) is 11.6 Å². The van der Waals surface area contributed by atoms with Crippen LogP contribution < -0.4 is 0 Å². The van der Waals surface area contributed by atoms with Gasteiger partial charge in [-0.25, -0.2) is 8.78 Å². The quantitative estimate of drug-likeness (QED) is 0.399. The normalized spacial score (nSPS) is 13.1. The van der Waals surface area contributed by atoms with Gasteiger partial charge < -0.3 is 9.13 Å². The first kappa shape index (κ1) is 16.3. The van der Waals surface area contributed by atoms with E-state index >= 15 is 0 Å². The fourth-order valence-electron chi connectivity index (χ4n) is 4.27. The Labute approximate surface area is 156 Å². The molecule has 3 heterocycles. The molecule has 0 atom stereocenters. The fraction of sp³-hybridized carbons (Fsp3) is 0.130. The van der Waals surface area contributed by atoms with Gasteiger partial charge >= 0.3 is 0 Å². The molecule has 27 heavy (non-hydrogen) atoms. The molecule has 4 aromatic rings. The third-order valence-electron chi connectivity index (χ3n) is 5.64. The molecule has 2 aromatic carbocycles. The Morgan fingerprint density at radius 2 is 1.70 bits per heavy atom. The highest BCUT2D eigenvalue weighted by Gasteiger charge is 2.28. The summed E-state index contributed by atoms with van der Waals surface area (Å²) in [4.78, 5) is 0. The van der Waals surface area contributed by atoms with E-state index in [0.29, 0.717) is 35.3 Å². The Balaban J connectivity index is 1.74. The molecule has 0 amide bonds. The van der Waals surface area contributed by atoms with Gasteiger partial charge in [-0.05, 0) is 41.0 Å². The van der Waals surface area contributed by atoms with Crippen molar-refractivity contribution < 1.29 is 8.78 Å². The Morgan fingerprint density at radius 3 is 2.48 bits per heavy atom. The molecule has 0 bridgehead atoms. The van der Waals surface area contributed by atoms with E-state index in [9.17, 15) is 8.78 Å². The van der Waals surface area contributed by atoms with Gasteiger partial charge in [-0.1, -0.05) is 18.2 Å². The molecular weight excluding hydrogens is 342 g/mol. The smallest absolute Gasteiger partial charge is 0.159 e. The Hall–Kier alpha value is -2.88. The summed E-state index contributed by atoms with van der Waals surface area (Å²) in [5, 5.41) is 1.20. The van der Waals surface area contributed by atoms with Crippen LogP contribution >= 0.6 is 0 Å². The van der Waals surface area contributed by atoms with Gasteiger partial charge in [0, 0.05) is 55.2 Å². The summed E-state index contributed by atoms with van der Waals surface area (Å²) in [5.74, 6) is -1.78. The zero-order valence-electron chi connectivity index (χ0n) is 14.8. The standard InChI is InChI=1S/C23H16F2N2/c1-13-14(2)23(15-8-9-18(24)19(25)10-15)27-12-22-17(11-21(13)27)16-6-4-5-7-20(16)26(22)3/h1-2,4-10H,11-12H2,3H3. The van der Waals surface area contributed by atoms with Crippen LogP contribution in [0.3, 0.4) is 0 Å². The van der Waals surface area contributed by atoms with Gasteiger partial charge in [-0.15, -0.1) is 0 Å². The number of aromatic nitrogens is 2. The van der Waals surface area contributed by atoms with E-state index in [2.05, 4.69) is 16.7 Å². The largest absolute Gasteiger partial charge is 0.346 e. The van der Waals surface area contributed by atoms with Crippen molar-refractivity contribution in [3.05, 3.63) is 96.0 Å². The molecule has 0 unspecified atom stereocenters. The molecule has 132 valence electrons. The van der Waals surface area contributed by atoms with Crippen molar-refractivity contribution in [2.24, 2.45) is 7.05 Å². The van der Waals surface area contributed by atoms with Crippen molar-refractivity contribution >= 4 is 10.9 Å². The van der Waals surface area contributed by atoms with E-state index < -0.39 is 11.6 Å². The van der Waals surface area contributed by atoms with Gasteiger partial charge in [-0.3, -0.25) is 0 Å². The predicted molar refractivity (Wildman–Crippen MR) is 101 cm³/mol. The maximum absolute atomic E-state index is 13.8. The number of nitrogens with zero attached hydrogens (tertiary/aromatic N) is 2. The molecule has 0 aliphatic carbocycles. The van der Waals surface area contributed by atoms with Gasteiger partial charge in [0.25, 0.3) is 0 Å². The number of rotatable bonds is 1. The van der Waals surface area contributed by atoms with Crippen LogP contribution in [0.2, 0.25) is 0 Å². The number of hydrogen-bond acceptors (Lipinski definition) is 0. The van der Waals surface area contributed by atoms with E-state index in [1.165, 1.54) is 28.8 Å². The van der Waals surface area contributed by atoms with E-state index in [0.717, 1.165) is 17.3 Å². The molecular formula is C23H16F2N2. The number of aryl methyl sites for hydroxylation is 1. The Morgan fingerprint density at radius 1 is 0.926 bits per heavy atom. The average Bonchev–Trinajstić information content (AvgIpc) is 3.09. The molecule has 1 aliphatic heterocycles. The zero-order valence-corrected chi connectivity index (χ0v) is 14.8. The minimum atomic E-state index is -0.901. The second-order valence-corrected chi connectivity index (χ2v) is 7.02. The highest BCUT2D eigenvalue weighted by atomic mass is 19.2. The minimum absolute atomic E-state index is 0.410. The lowest BCUT2D eigenvalue weighted by Crippen LogP contribution is -2.16. The third kappa shape index (κ3) is 2.16. The molecule has 2 nitrogen and oxygen atoms in total. The third-order valence-corrected chi connectivity index (χ3v) is 5.64. The predicted octanol–water partition coefficient (Wildman–Crippen LogP) is 5.00. The topological polar surface area (TPSA) is 9.86 Å². The SMILES string of the molecule is [CH]c1c([CH])c(-c2ccc(F)c(F)c2)n2c1Cc1c(n(C)c3ccccc13)C2. The molecule has 0 saturated carbocycles. The van der Waals surface area contributed by atoms with Gasteiger partial charge in [0.2, 0.25) is 0 Å². The van der Waals surface area contributed by atoms with Crippen LogP contribution in [0.5, 0.6) is 0 Å². The van der Waals surface area contributed by atoms with Crippen molar-refractivity contribution in [3.63, 3.8) is 0 Å². The van der Waals surface area contributed by atoms with Crippen LogP contribution in [0.1, 0.15) is 28.1 Å². The van der Waals surface area contributed by atoms with Crippen LogP contribution in [-0.4, -0.2) is 9.13 Å². The van der Waals surface area contributed by atoms with Crippen molar-refractivity contribution in [3.8, 4) is 11.3 Å². The van der Waals surface area contributed by atoms with Crippen LogP contribution in [0, 0.1) is 25.5 Å². The van der Waals surface area contributed by atoms with Crippen LogP contribution in [-0.2, 0) is 20.0 Å². The summed E-state index contributed by atoms with van der Waals surface area (Å²) in [6, 6.07) is 12.1. The maximum atomic E-state index is 13.8. The van der Waals surface area contributed by atoms with Crippen molar-refractivity contribution in [1.82, 2.24) is 9.13 Å². The second-order valence-electron chi connectivity index (χ2n) is 7.02. The second kappa shape index (κ2) is 5.56. The van der Waals surface area contributed by atoms with Crippen LogP contribution in [0.4, 0.5) is 8.78 Å². The first-order valence-corrected chi connectivity index (χ1v) is 8.74. The van der Waals surface area contributed by atoms with Gasteiger partial charge in [-0.2, -0.15) is 0 Å². The molecule has 1 aliphatic rings. The van der Waals surface area contributed by atoms with Crippen molar-refractivity contribution in [1.29, 1.82) is 0 Å². The summed E-state index contributed by atoms with van der Waals surface area (Å²) in [6.45, 7) is 13.2. The van der Waals surface area contributed by atoms with Crippen molar-refractivity contribution in [2.75, 3.05) is 0 Å². The van der Waals surface area contributed by atoms with E-state index in [1.807, 2.05) is 23.7 Å². The monoisotopic (exact) mass is 358 g/mol. The molecule has 2 aromatic heterocycles. The van der Waals surface area contributed by atoms with Gasteiger partial charge in [0.1, 0.15) is 0 Å².